The van der Waals surface area contributed by atoms with Crippen LogP contribution in [0, 0.1) is 11.6 Å². The first kappa shape index (κ1) is 22.8. The van der Waals surface area contributed by atoms with Crippen LogP contribution in [0.5, 0.6) is 0 Å². The zero-order valence-corrected chi connectivity index (χ0v) is 17.8. The number of rotatable bonds is 7. The fourth-order valence-corrected chi connectivity index (χ4v) is 3.81. The molecule has 2 heterocycles. The van der Waals surface area contributed by atoms with E-state index in [1.807, 2.05) is 0 Å². The van der Waals surface area contributed by atoms with Gasteiger partial charge in [-0.15, -0.1) is 5.10 Å². The van der Waals surface area contributed by atoms with E-state index in [1.165, 1.54) is 36.4 Å². The first-order valence-corrected chi connectivity index (χ1v) is 10.8. The number of halogens is 2. The summed E-state index contributed by atoms with van der Waals surface area (Å²) in [6, 6.07) is 10.7. The minimum Gasteiger partial charge on any atom is -0.394 e. The van der Waals surface area contributed by atoms with E-state index in [9.17, 15) is 18.7 Å². The van der Waals surface area contributed by atoms with Crippen molar-refractivity contribution in [2.75, 3.05) is 11.9 Å². The molecule has 1 fully saturated rings. The van der Waals surface area contributed by atoms with E-state index in [0.717, 1.165) is 5.56 Å². The standard InChI is InChI=1S/C23H25F2N5O3/c24-16-3-1-15(2-4-16)21-13-30(29-28-21)12-11-19-9-10-20(22(14-31)33-19)27-23(32)26-18-7-5-17(25)6-8-18/h1-8,13,19-20,22,31H,9-12,14H2,(H2,26,27,32)/t19-,20+,22-/m0/s1. The SMILES string of the molecule is O=C(Nc1ccc(F)cc1)N[C@@H]1CC[C@@H](CCn2cc(-c3ccc(F)cc3)nn2)O[C@H]1CO. The molecule has 8 nitrogen and oxygen atoms in total. The number of aliphatic hydroxyl groups is 1. The van der Waals surface area contributed by atoms with Crippen molar-refractivity contribution in [2.24, 2.45) is 0 Å². The highest BCUT2D eigenvalue weighted by Gasteiger charge is 2.31. The second-order valence-corrected chi connectivity index (χ2v) is 7.93. The Bertz CT molecular complexity index is 1060. The van der Waals surface area contributed by atoms with Crippen LogP contribution < -0.4 is 10.6 Å². The van der Waals surface area contributed by atoms with E-state index in [4.69, 9.17) is 4.74 Å². The number of aromatic nitrogens is 3. The van der Waals surface area contributed by atoms with Crippen LogP contribution in [0.15, 0.2) is 54.7 Å². The van der Waals surface area contributed by atoms with Gasteiger partial charge in [-0.05, 0) is 67.8 Å². The number of amides is 2. The summed E-state index contributed by atoms with van der Waals surface area (Å²) in [5, 5.41) is 23.5. The lowest BCUT2D eigenvalue weighted by Gasteiger charge is -2.36. The Labute approximate surface area is 189 Å². The largest absolute Gasteiger partial charge is 0.394 e. The molecule has 1 aliphatic heterocycles. The van der Waals surface area contributed by atoms with Gasteiger partial charge >= 0.3 is 6.03 Å². The molecule has 1 saturated heterocycles. The zero-order valence-electron chi connectivity index (χ0n) is 17.8. The lowest BCUT2D eigenvalue weighted by atomic mass is 9.97. The van der Waals surface area contributed by atoms with Crippen LogP contribution in [0.4, 0.5) is 19.3 Å². The summed E-state index contributed by atoms with van der Waals surface area (Å²) in [6.07, 6.45) is 3.18. The third kappa shape index (κ3) is 6.11. The van der Waals surface area contributed by atoms with Crippen molar-refractivity contribution in [1.82, 2.24) is 20.3 Å². The fraction of sp³-hybridized carbons (Fsp3) is 0.348. The number of carbonyl (C=O) groups excluding carboxylic acids is 1. The number of hydrogen-bond donors (Lipinski definition) is 3. The summed E-state index contributed by atoms with van der Waals surface area (Å²) in [5.41, 5.74) is 1.91. The first-order valence-electron chi connectivity index (χ1n) is 10.8. The number of anilines is 1. The van der Waals surface area contributed by atoms with Gasteiger partial charge in [0.25, 0.3) is 0 Å². The van der Waals surface area contributed by atoms with Crippen molar-refractivity contribution in [1.29, 1.82) is 0 Å². The highest BCUT2D eigenvalue weighted by atomic mass is 19.1. The number of aliphatic hydroxyl groups excluding tert-OH is 1. The minimum atomic E-state index is -0.534. The van der Waals surface area contributed by atoms with E-state index in [-0.39, 0.29) is 30.4 Å². The second kappa shape index (κ2) is 10.5. The van der Waals surface area contributed by atoms with E-state index in [2.05, 4.69) is 20.9 Å². The number of nitrogens with zero attached hydrogens (tertiary/aromatic N) is 3. The number of aryl methyl sites for hydroxylation is 1. The molecule has 10 heteroatoms. The maximum absolute atomic E-state index is 13.1. The van der Waals surface area contributed by atoms with Gasteiger partial charge in [0.1, 0.15) is 23.4 Å². The molecule has 4 rings (SSSR count). The van der Waals surface area contributed by atoms with Gasteiger partial charge in [0.05, 0.1) is 24.9 Å². The molecule has 2 amide bonds. The van der Waals surface area contributed by atoms with Gasteiger partial charge < -0.3 is 20.5 Å². The summed E-state index contributed by atoms with van der Waals surface area (Å²) >= 11 is 0. The van der Waals surface area contributed by atoms with Crippen molar-refractivity contribution in [3.8, 4) is 11.3 Å². The van der Waals surface area contributed by atoms with Crippen molar-refractivity contribution in [2.45, 2.75) is 44.1 Å². The molecule has 33 heavy (non-hydrogen) atoms. The van der Waals surface area contributed by atoms with Gasteiger partial charge in [-0.1, -0.05) is 5.21 Å². The fourth-order valence-electron chi connectivity index (χ4n) is 3.81. The van der Waals surface area contributed by atoms with Gasteiger partial charge in [-0.25, -0.2) is 13.6 Å². The Kier molecular flexibility index (Phi) is 7.26. The van der Waals surface area contributed by atoms with Crippen molar-refractivity contribution < 1.29 is 23.4 Å². The third-order valence-electron chi connectivity index (χ3n) is 5.57. The molecule has 0 saturated carbocycles. The Morgan fingerprint density at radius 1 is 1.09 bits per heavy atom. The number of ether oxygens (including phenoxy) is 1. The normalized spacial score (nSPS) is 20.4. The Morgan fingerprint density at radius 2 is 1.79 bits per heavy atom. The quantitative estimate of drug-likeness (QED) is 0.505. The number of urea groups is 1. The van der Waals surface area contributed by atoms with Crippen molar-refractivity contribution in [3.05, 3.63) is 66.4 Å². The van der Waals surface area contributed by atoms with E-state index >= 15 is 0 Å². The van der Waals surface area contributed by atoms with Crippen molar-refractivity contribution >= 4 is 11.7 Å². The molecule has 1 aromatic heterocycles. The highest BCUT2D eigenvalue weighted by Crippen LogP contribution is 2.23. The second-order valence-electron chi connectivity index (χ2n) is 7.93. The average molecular weight is 457 g/mol. The molecule has 3 aromatic rings. The molecule has 0 radical (unpaired) electrons. The van der Waals surface area contributed by atoms with E-state index in [1.54, 1.807) is 23.0 Å². The van der Waals surface area contributed by atoms with Crippen LogP contribution in [0.1, 0.15) is 19.3 Å². The van der Waals surface area contributed by atoms with Crippen LogP contribution in [-0.2, 0) is 11.3 Å². The predicted octanol–water partition coefficient (Wildman–Crippen LogP) is 3.34. The maximum Gasteiger partial charge on any atom is 0.319 e. The van der Waals surface area contributed by atoms with Crippen LogP contribution in [0.25, 0.3) is 11.3 Å². The molecular weight excluding hydrogens is 432 g/mol. The van der Waals surface area contributed by atoms with Gasteiger partial charge in [0.15, 0.2) is 0 Å². The van der Waals surface area contributed by atoms with Gasteiger partial charge in [0.2, 0.25) is 0 Å². The lowest BCUT2D eigenvalue weighted by molar-refractivity contribution is -0.0905. The van der Waals surface area contributed by atoms with Gasteiger partial charge in [0, 0.05) is 17.8 Å². The topological polar surface area (TPSA) is 101 Å². The number of carbonyl (C=O) groups is 1. The molecule has 0 unspecified atom stereocenters. The smallest absolute Gasteiger partial charge is 0.319 e. The van der Waals surface area contributed by atoms with Crippen LogP contribution in [-0.4, -0.2) is 51.0 Å². The molecule has 2 aromatic carbocycles. The maximum atomic E-state index is 13.1. The monoisotopic (exact) mass is 457 g/mol. The summed E-state index contributed by atoms with van der Waals surface area (Å²) in [5.74, 6) is -0.689. The molecule has 0 aliphatic carbocycles. The lowest BCUT2D eigenvalue weighted by Crippen LogP contribution is -2.52. The zero-order chi connectivity index (χ0) is 23.2. The Hall–Kier alpha value is -3.37. The Balaban J connectivity index is 1.26. The molecule has 1 aliphatic rings. The summed E-state index contributed by atoms with van der Waals surface area (Å²) in [6.45, 7) is 0.343. The molecule has 0 bridgehead atoms. The average Bonchev–Trinajstić information content (AvgIpc) is 3.29. The predicted molar refractivity (Wildman–Crippen MR) is 117 cm³/mol. The van der Waals surface area contributed by atoms with Crippen LogP contribution >= 0.6 is 0 Å². The molecule has 174 valence electrons. The van der Waals surface area contributed by atoms with E-state index in [0.29, 0.717) is 37.2 Å². The number of hydrogen-bond acceptors (Lipinski definition) is 5. The van der Waals surface area contributed by atoms with Gasteiger partial charge in [-0.3, -0.25) is 4.68 Å². The highest BCUT2D eigenvalue weighted by molar-refractivity contribution is 5.89. The Morgan fingerprint density at radius 3 is 2.48 bits per heavy atom. The van der Waals surface area contributed by atoms with Gasteiger partial charge in [-0.2, -0.15) is 0 Å². The minimum absolute atomic E-state index is 0.0983. The molecule has 3 atom stereocenters. The number of benzene rings is 2. The third-order valence-corrected chi connectivity index (χ3v) is 5.57. The van der Waals surface area contributed by atoms with Crippen molar-refractivity contribution in [3.63, 3.8) is 0 Å². The van der Waals surface area contributed by atoms with Crippen LogP contribution in [0.3, 0.4) is 0 Å². The molecular formula is C23H25F2N5O3. The van der Waals surface area contributed by atoms with Crippen LogP contribution in [0.2, 0.25) is 0 Å². The van der Waals surface area contributed by atoms with E-state index < -0.39 is 12.1 Å². The summed E-state index contributed by atoms with van der Waals surface area (Å²) < 4.78 is 33.8. The number of nitrogens with one attached hydrogen (secondary N) is 2. The summed E-state index contributed by atoms with van der Waals surface area (Å²) in [7, 11) is 0. The molecule has 0 spiro atoms. The first-order chi connectivity index (χ1) is 16.0. The molecule has 3 N–H and O–H groups in total. The summed E-state index contributed by atoms with van der Waals surface area (Å²) in [4.78, 5) is 12.3.